The third-order valence-electron chi connectivity index (χ3n) is 2.64. The molecule has 1 unspecified atom stereocenters. The first kappa shape index (κ1) is 15.1. The van der Waals surface area contributed by atoms with Gasteiger partial charge in [-0.1, -0.05) is 34.1 Å². The average molecular weight is 316 g/mol. The Labute approximate surface area is 115 Å². The number of carbonyl (C=O) groups is 1. The number of ether oxygens (including phenoxy) is 1. The topological polar surface area (TPSA) is 58.6 Å². The summed E-state index contributed by atoms with van der Waals surface area (Å²) in [6, 6.07) is 7.42. The van der Waals surface area contributed by atoms with Crippen LogP contribution in [0, 0.1) is 0 Å². The Kier molecular flexibility index (Phi) is 6.93. The fourth-order valence-electron chi connectivity index (χ4n) is 1.62. The molecule has 1 aromatic carbocycles. The number of aliphatic hydroxyl groups excluding tert-OH is 1. The van der Waals surface area contributed by atoms with Crippen molar-refractivity contribution in [3.63, 3.8) is 0 Å². The van der Waals surface area contributed by atoms with Gasteiger partial charge in [0.15, 0.2) is 0 Å². The van der Waals surface area contributed by atoms with Gasteiger partial charge >= 0.3 is 5.97 Å². The number of aliphatic hydroxyl groups is 1. The highest BCUT2D eigenvalue weighted by molar-refractivity contribution is 9.10. The highest BCUT2D eigenvalue weighted by atomic mass is 79.9. The smallest absolute Gasteiger partial charge is 0.325 e. The number of hydrogen-bond acceptors (Lipinski definition) is 4. The lowest BCUT2D eigenvalue weighted by Gasteiger charge is -2.13. The van der Waals surface area contributed by atoms with Crippen LogP contribution in [0.5, 0.6) is 0 Å². The number of rotatable bonds is 7. The van der Waals surface area contributed by atoms with Crippen LogP contribution in [0.4, 0.5) is 0 Å². The molecule has 0 aliphatic heterocycles. The first-order valence-corrected chi connectivity index (χ1v) is 6.63. The van der Waals surface area contributed by atoms with Crippen LogP contribution in [0.15, 0.2) is 28.7 Å². The largest absolute Gasteiger partial charge is 0.468 e. The summed E-state index contributed by atoms with van der Waals surface area (Å²) in [4.78, 5) is 11.2. The number of aryl methyl sites for hydroxylation is 1. The Hall–Kier alpha value is -0.910. The van der Waals surface area contributed by atoms with E-state index in [-0.39, 0.29) is 6.61 Å². The average Bonchev–Trinajstić information content (AvgIpc) is 2.40. The van der Waals surface area contributed by atoms with Crippen molar-refractivity contribution in [2.24, 2.45) is 0 Å². The molecule has 0 saturated carbocycles. The zero-order valence-corrected chi connectivity index (χ0v) is 11.9. The molecule has 1 atom stereocenters. The van der Waals surface area contributed by atoms with E-state index < -0.39 is 12.0 Å². The maximum Gasteiger partial charge on any atom is 0.325 e. The zero-order valence-electron chi connectivity index (χ0n) is 10.4. The van der Waals surface area contributed by atoms with Crippen LogP contribution in [-0.2, 0) is 16.0 Å². The minimum Gasteiger partial charge on any atom is -0.468 e. The summed E-state index contributed by atoms with van der Waals surface area (Å²) >= 11 is 3.49. The predicted molar refractivity (Wildman–Crippen MR) is 73.4 cm³/mol. The van der Waals surface area contributed by atoms with Gasteiger partial charge in [-0.3, -0.25) is 4.79 Å². The van der Waals surface area contributed by atoms with E-state index in [1.54, 1.807) is 0 Å². The van der Waals surface area contributed by atoms with Gasteiger partial charge in [0.25, 0.3) is 0 Å². The molecule has 4 nitrogen and oxygen atoms in total. The molecule has 1 rings (SSSR count). The maximum atomic E-state index is 11.2. The lowest BCUT2D eigenvalue weighted by Crippen LogP contribution is -2.41. The molecule has 5 heteroatoms. The normalized spacial score (nSPS) is 12.2. The Morgan fingerprint density at radius 3 is 2.83 bits per heavy atom. The van der Waals surface area contributed by atoms with Gasteiger partial charge in [0.05, 0.1) is 13.7 Å². The molecule has 0 heterocycles. The van der Waals surface area contributed by atoms with Gasteiger partial charge in [-0.15, -0.1) is 0 Å². The minimum absolute atomic E-state index is 0.248. The van der Waals surface area contributed by atoms with E-state index in [1.807, 2.05) is 18.2 Å². The van der Waals surface area contributed by atoms with Crippen LogP contribution < -0.4 is 5.32 Å². The van der Waals surface area contributed by atoms with E-state index >= 15 is 0 Å². The van der Waals surface area contributed by atoms with Crippen molar-refractivity contribution >= 4 is 21.9 Å². The van der Waals surface area contributed by atoms with Gasteiger partial charge in [0, 0.05) is 4.47 Å². The number of benzene rings is 1. The van der Waals surface area contributed by atoms with Gasteiger partial charge in [-0.2, -0.15) is 0 Å². The summed E-state index contributed by atoms with van der Waals surface area (Å²) < 4.78 is 5.66. The molecule has 1 aromatic rings. The van der Waals surface area contributed by atoms with Gasteiger partial charge < -0.3 is 15.2 Å². The van der Waals surface area contributed by atoms with Crippen LogP contribution in [-0.4, -0.2) is 37.4 Å². The maximum absolute atomic E-state index is 11.2. The summed E-state index contributed by atoms with van der Waals surface area (Å²) in [5.41, 5.74) is 1.23. The lowest BCUT2D eigenvalue weighted by atomic mass is 10.1. The lowest BCUT2D eigenvalue weighted by molar-refractivity contribution is -0.144. The fraction of sp³-hybridized carbons (Fsp3) is 0.462. The highest BCUT2D eigenvalue weighted by Crippen LogP contribution is 2.16. The van der Waals surface area contributed by atoms with Crippen molar-refractivity contribution in [3.8, 4) is 0 Å². The first-order valence-electron chi connectivity index (χ1n) is 5.84. The Balaban J connectivity index is 2.30. The third kappa shape index (κ3) is 4.76. The molecule has 0 aliphatic carbocycles. The molecule has 0 fully saturated rings. The molecule has 0 amide bonds. The van der Waals surface area contributed by atoms with E-state index in [0.717, 1.165) is 17.3 Å². The molecular weight excluding hydrogens is 298 g/mol. The third-order valence-corrected chi connectivity index (χ3v) is 3.41. The first-order chi connectivity index (χ1) is 8.69. The van der Waals surface area contributed by atoms with Crippen LogP contribution >= 0.6 is 15.9 Å². The number of hydrogen-bond donors (Lipinski definition) is 2. The number of halogens is 1. The van der Waals surface area contributed by atoms with Gasteiger partial charge in [-0.05, 0) is 31.0 Å². The molecule has 0 bridgehead atoms. The molecule has 0 aliphatic rings. The molecular formula is C13H18BrNO3. The number of carbonyl (C=O) groups excluding carboxylic acids is 1. The van der Waals surface area contributed by atoms with Crippen LogP contribution in [0.25, 0.3) is 0 Å². The quantitative estimate of drug-likeness (QED) is 0.591. The molecule has 0 saturated heterocycles. The fourth-order valence-corrected chi connectivity index (χ4v) is 2.10. The summed E-state index contributed by atoms with van der Waals surface area (Å²) in [6.45, 7) is 0.406. The Morgan fingerprint density at radius 2 is 2.22 bits per heavy atom. The monoisotopic (exact) mass is 315 g/mol. The summed E-state index contributed by atoms with van der Waals surface area (Å²) in [5, 5.41) is 12.0. The van der Waals surface area contributed by atoms with E-state index in [2.05, 4.69) is 32.0 Å². The minimum atomic E-state index is -0.630. The molecule has 0 radical (unpaired) electrons. The van der Waals surface area contributed by atoms with Crippen LogP contribution in [0.2, 0.25) is 0 Å². The second kappa shape index (κ2) is 8.24. The van der Waals surface area contributed by atoms with Crippen molar-refractivity contribution in [1.82, 2.24) is 5.32 Å². The van der Waals surface area contributed by atoms with Crippen molar-refractivity contribution in [3.05, 3.63) is 34.3 Å². The summed E-state index contributed by atoms with van der Waals surface area (Å²) in [6.07, 6.45) is 1.80. The summed E-state index contributed by atoms with van der Waals surface area (Å²) in [7, 11) is 1.31. The second-order valence-electron chi connectivity index (χ2n) is 3.91. The Bertz CT molecular complexity index is 384. The van der Waals surface area contributed by atoms with Crippen molar-refractivity contribution in [2.75, 3.05) is 20.3 Å². The van der Waals surface area contributed by atoms with E-state index in [0.29, 0.717) is 6.54 Å². The summed E-state index contributed by atoms with van der Waals surface area (Å²) in [5.74, 6) is -0.432. The Morgan fingerprint density at radius 1 is 1.50 bits per heavy atom. The zero-order chi connectivity index (χ0) is 13.4. The number of esters is 1. The molecule has 18 heavy (non-hydrogen) atoms. The van der Waals surface area contributed by atoms with Crippen LogP contribution in [0.1, 0.15) is 12.0 Å². The van der Waals surface area contributed by atoms with E-state index in [1.165, 1.54) is 12.7 Å². The van der Waals surface area contributed by atoms with Crippen LogP contribution in [0.3, 0.4) is 0 Å². The van der Waals surface area contributed by atoms with E-state index in [9.17, 15) is 4.79 Å². The molecule has 100 valence electrons. The predicted octanol–water partition coefficient (Wildman–Crippen LogP) is 1.51. The molecule has 0 spiro atoms. The SMILES string of the molecule is COC(=O)C(CO)NCCCc1ccccc1Br. The van der Waals surface area contributed by atoms with Gasteiger partial charge in [0.2, 0.25) is 0 Å². The number of nitrogens with one attached hydrogen (secondary N) is 1. The second-order valence-corrected chi connectivity index (χ2v) is 4.76. The standard InChI is InChI=1S/C13H18BrNO3/c1-18-13(17)12(9-16)15-8-4-6-10-5-2-3-7-11(10)14/h2-3,5,7,12,15-16H,4,6,8-9H2,1H3. The molecule has 2 N–H and O–H groups in total. The molecule has 0 aromatic heterocycles. The van der Waals surface area contributed by atoms with Crippen molar-refractivity contribution in [1.29, 1.82) is 0 Å². The van der Waals surface area contributed by atoms with Gasteiger partial charge in [-0.25, -0.2) is 0 Å². The van der Waals surface area contributed by atoms with Gasteiger partial charge in [0.1, 0.15) is 6.04 Å². The van der Waals surface area contributed by atoms with Crippen molar-refractivity contribution < 1.29 is 14.6 Å². The number of methoxy groups -OCH3 is 1. The van der Waals surface area contributed by atoms with Crippen molar-refractivity contribution in [2.45, 2.75) is 18.9 Å². The van der Waals surface area contributed by atoms with E-state index in [4.69, 9.17) is 5.11 Å². The highest BCUT2D eigenvalue weighted by Gasteiger charge is 2.16.